The number of hydrogen-bond donors (Lipinski definition) is 1. The van der Waals surface area contributed by atoms with Gasteiger partial charge in [0, 0.05) is 13.1 Å². The molecule has 5 heteroatoms. The molecule has 2 N–H and O–H groups in total. The maximum absolute atomic E-state index is 11.3. The average Bonchev–Trinajstić information content (AvgIpc) is 2.11. The monoisotopic (exact) mass is 214 g/mol. The second kappa shape index (κ2) is 5.11. The van der Waals surface area contributed by atoms with E-state index in [1.807, 2.05) is 4.90 Å². The molecule has 0 bridgehead atoms. The highest BCUT2D eigenvalue weighted by Gasteiger charge is 2.34. The van der Waals surface area contributed by atoms with Crippen LogP contribution in [0, 0.1) is 5.92 Å². The third kappa shape index (κ3) is 2.92. The van der Waals surface area contributed by atoms with Crippen molar-refractivity contribution in [3.05, 3.63) is 0 Å². The second-order valence-electron chi connectivity index (χ2n) is 3.85. The molecular weight excluding hydrogens is 196 g/mol. The summed E-state index contributed by atoms with van der Waals surface area (Å²) in [6, 6.07) is -0.193. The minimum absolute atomic E-state index is 0.193. The Kier molecular flexibility index (Phi) is 4.08. The predicted octanol–water partition coefficient (Wildman–Crippen LogP) is -0.255. The van der Waals surface area contributed by atoms with Crippen LogP contribution in [0.3, 0.4) is 0 Å². The fourth-order valence-corrected chi connectivity index (χ4v) is 1.69. The molecule has 0 saturated carbocycles. The van der Waals surface area contributed by atoms with E-state index in [0.29, 0.717) is 13.2 Å². The van der Waals surface area contributed by atoms with Crippen LogP contribution in [0.5, 0.6) is 0 Å². The minimum Gasteiger partial charge on any atom is -0.466 e. The van der Waals surface area contributed by atoms with Crippen LogP contribution >= 0.6 is 0 Å². The summed E-state index contributed by atoms with van der Waals surface area (Å²) >= 11 is 0. The Bertz CT molecular complexity index is 255. The summed E-state index contributed by atoms with van der Waals surface area (Å²) in [5.74, 6) is -0.725. The van der Waals surface area contributed by atoms with Gasteiger partial charge in [0.25, 0.3) is 0 Å². The van der Waals surface area contributed by atoms with Crippen molar-refractivity contribution in [1.29, 1.82) is 0 Å². The first-order chi connectivity index (χ1) is 7.06. The third-order valence-corrected chi connectivity index (χ3v) is 2.66. The quantitative estimate of drug-likeness (QED) is 0.640. The SMILES string of the molecule is CCOC(=O)C(C)CN1CCC1C(N)=O. The van der Waals surface area contributed by atoms with Gasteiger partial charge in [-0.3, -0.25) is 14.5 Å². The minimum atomic E-state index is -0.308. The van der Waals surface area contributed by atoms with Crippen molar-refractivity contribution in [2.24, 2.45) is 11.7 Å². The van der Waals surface area contributed by atoms with Gasteiger partial charge in [-0.25, -0.2) is 0 Å². The number of amides is 1. The highest BCUT2D eigenvalue weighted by molar-refractivity contribution is 5.81. The molecule has 2 unspecified atom stereocenters. The topological polar surface area (TPSA) is 72.6 Å². The van der Waals surface area contributed by atoms with E-state index in [-0.39, 0.29) is 23.8 Å². The lowest BCUT2D eigenvalue weighted by Crippen LogP contribution is -2.56. The van der Waals surface area contributed by atoms with Crippen molar-refractivity contribution in [2.75, 3.05) is 19.7 Å². The Morgan fingerprint density at radius 3 is 2.67 bits per heavy atom. The zero-order chi connectivity index (χ0) is 11.4. The van der Waals surface area contributed by atoms with Gasteiger partial charge in [0.2, 0.25) is 5.91 Å². The molecule has 1 amide bonds. The number of carbonyl (C=O) groups is 2. The van der Waals surface area contributed by atoms with Gasteiger partial charge in [-0.15, -0.1) is 0 Å². The summed E-state index contributed by atoms with van der Waals surface area (Å²) in [6.07, 6.45) is 0.797. The van der Waals surface area contributed by atoms with E-state index in [1.54, 1.807) is 13.8 Å². The van der Waals surface area contributed by atoms with Crippen LogP contribution in [0.25, 0.3) is 0 Å². The Hall–Kier alpha value is -1.10. The molecule has 0 aromatic carbocycles. The van der Waals surface area contributed by atoms with E-state index in [9.17, 15) is 9.59 Å². The van der Waals surface area contributed by atoms with Gasteiger partial charge in [0.05, 0.1) is 18.6 Å². The van der Waals surface area contributed by atoms with Crippen molar-refractivity contribution >= 4 is 11.9 Å². The molecule has 1 aliphatic rings. The number of carbonyl (C=O) groups excluding carboxylic acids is 2. The number of primary amides is 1. The summed E-state index contributed by atoms with van der Waals surface area (Å²) in [4.78, 5) is 24.2. The van der Waals surface area contributed by atoms with E-state index in [1.165, 1.54) is 0 Å². The molecular formula is C10H18N2O3. The van der Waals surface area contributed by atoms with Crippen LogP contribution in [0.4, 0.5) is 0 Å². The number of ether oxygens (including phenoxy) is 1. The zero-order valence-electron chi connectivity index (χ0n) is 9.23. The summed E-state index contributed by atoms with van der Waals surface area (Å²) in [5.41, 5.74) is 5.20. The zero-order valence-corrected chi connectivity index (χ0v) is 9.23. The lowest BCUT2D eigenvalue weighted by molar-refractivity contribution is -0.149. The Balaban J connectivity index is 2.35. The van der Waals surface area contributed by atoms with Crippen LogP contribution < -0.4 is 5.73 Å². The van der Waals surface area contributed by atoms with E-state index in [4.69, 9.17) is 10.5 Å². The van der Waals surface area contributed by atoms with Crippen molar-refractivity contribution in [3.8, 4) is 0 Å². The molecule has 1 heterocycles. The van der Waals surface area contributed by atoms with Crippen LogP contribution in [0.15, 0.2) is 0 Å². The molecule has 5 nitrogen and oxygen atoms in total. The van der Waals surface area contributed by atoms with Gasteiger partial charge < -0.3 is 10.5 Å². The van der Waals surface area contributed by atoms with Gasteiger partial charge in [-0.2, -0.15) is 0 Å². The number of nitrogens with zero attached hydrogens (tertiary/aromatic N) is 1. The van der Waals surface area contributed by atoms with E-state index < -0.39 is 0 Å². The predicted molar refractivity (Wildman–Crippen MR) is 55.0 cm³/mol. The molecule has 1 fully saturated rings. The van der Waals surface area contributed by atoms with Crippen molar-refractivity contribution in [1.82, 2.24) is 4.90 Å². The lowest BCUT2D eigenvalue weighted by Gasteiger charge is -2.39. The fourth-order valence-electron chi connectivity index (χ4n) is 1.69. The van der Waals surface area contributed by atoms with Crippen LogP contribution in [0.2, 0.25) is 0 Å². The second-order valence-corrected chi connectivity index (χ2v) is 3.85. The molecule has 0 aromatic rings. The standard InChI is InChI=1S/C10H18N2O3/c1-3-15-10(14)7(2)6-12-5-4-8(12)9(11)13/h7-8H,3-6H2,1-2H3,(H2,11,13). The molecule has 1 saturated heterocycles. The van der Waals surface area contributed by atoms with E-state index in [0.717, 1.165) is 13.0 Å². The molecule has 15 heavy (non-hydrogen) atoms. The number of hydrogen-bond acceptors (Lipinski definition) is 4. The van der Waals surface area contributed by atoms with Gasteiger partial charge in [-0.1, -0.05) is 6.92 Å². The Morgan fingerprint density at radius 1 is 1.60 bits per heavy atom. The summed E-state index contributed by atoms with van der Waals surface area (Å²) in [7, 11) is 0. The molecule has 0 radical (unpaired) electrons. The van der Waals surface area contributed by atoms with Gasteiger partial charge in [-0.05, 0) is 13.3 Å². The van der Waals surface area contributed by atoms with Gasteiger partial charge in [0.1, 0.15) is 0 Å². The average molecular weight is 214 g/mol. The smallest absolute Gasteiger partial charge is 0.309 e. The van der Waals surface area contributed by atoms with Crippen LogP contribution in [-0.2, 0) is 14.3 Å². The molecule has 86 valence electrons. The van der Waals surface area contributed by atoms with Crippen molar-refractivity contribution < 1.29 is 14.3 Å². The molecule has 1 rings (SSSR count). The maximum atomic E-state index is 11.3. The summed E-state index contributed by atoms with van der Waals surface area (Å²) < 4.78 is 4.89. The van der Waals surface area contributed by atoms with E-state index in [2.05, 4.69) is 0 Å². The number of esters is 1. The lowest BCUT2D eigenvalue weighted by atomic mass is 10.00. The highest BCUT2D eigenvalue weighted by atomic mass is 16.5. The van der Waals surface area contributed by atoms with Gasteiger partial charge in [0.15, 0.2) is 0 Å². The van der Waals surface area contributed by atoms with Crippen LogP contribution in [0.1, 0.15) is 20.3 Å². The first-order valence-electron chi connectivity index (χ1n) is 5.26. The van der Waals surface area contributed by atoms with Crippen LogP contribution in [-0.4, -0.2) is 42.5 Å². The molecule has 1 aliphatic heterocycles. The Labute approximate surface area is 89.6 Å². The summed E-state index contributed by atoms with van der Waals surface area (Å²) in [5, 5.41) is 0. The Morgan fingerprint density at radius 2 is 2.27 bits per heavy atom. The summed E-state index contributed by atoms with van der Waals surface area (Å²) in [6.45, 7) is 5.35. The molecule has 0 spiro atoms. The van der Waals surface area contributed by atoms with E-state index >= 15 is 0 Å². The number of nitrogens with two attached hydrogens (primary N) is 1. The normalized spacial score (nSPS) is 22.9. The first-order valence-corrected chi connectivity index (χ1v) is 5.26. The maximum Gasteiger partial charge on any atom is 0.309 e. The largest absolute Gasteiger partial charge is 0.466 e. The molecule has 0 aromatic heterocycles. The third-order valence-electron chi connectivity index (χ3n) is 2.66. The van der Waals surface area contributed by atoms with Crippen molar-refractivity contribution in [2.45, 2.75) is 26.3 Å². The number of likely N-dealkylation sites (tertiary alicyclic amines) is 1. The van der Waals surface area contributed by atoms with Gasteiger partial charge >= 0.3 is 5.97 Å². The van der Waals surface area contributed by atoms with Crippen molar-refractivity contribution in [3.63, 3.8) is 0 Å². The molecule has 2 atom stereocenters. The fraction of sp³-hybridized carbons (Fsp3) is 0.800. The number of rotatable bonds is 5. The first kappa shape index (κ1) is 12.0. The highest BCUT2D eigenvalue weighted by Crippen LogP contribution is 2.18. The molecule has 0 aliphatic carbocycles.